The average Bonchev–Trinajstić information content (AvgIpc) is 2.16. The Balaban J connectivity index is 2.66. The fraction of sp³-hybridized carbons (Fsp3) is 0.500. The van der Waals surface area contributed by atoms with Crippen LogP contribution in [0.1, 0.15) is 12.6 Å². The van der Waals surface area contributed by atoms with Gasteiger partial charge in [0.1, 0.15) is 6.04 Å². The first-order valence-electron chi connectivity index (χ1n) is 4.78. The molecule has 1 aromatic rings. The minimum atomic E-state index is -0.318. The molecule has 1 heterocycles. The largest absolute Gasteiger partial charge is 0.347 e. The molecule has 1 amide bonds. The molecule has 0 aliphatic heterocycles. The summed E-state index contributed by atoms with van der Waals surface area (Å²) in [5.74, 6) is 0.484. The topological polar surface area (TPSA) is 58.1 Å². The molecular weight excluding hydrogens is 192 g/mol. The van der Waals surface area contributed by atoms with Crippen LogP contribution in [0.15, 0.2) is 12.3 Å². The maximum absolute atomic E-state index is 11.5. The predicted molar refractivity (Wildman–Crippen MR) is 58.5 cm³/mol. The van der Waals surface area contributed by atoms with E-state index in [0.29, 0.717) is 5.95 Å². The number of carbonyl (C=O) groups excluding carboxylic acids is 1. The molecule has 0 aliphatic rings. The Kier molecular flexibility index (Phi) is 3.60. The number of aromatic nitrogens is 2. The third-order valence-corrected chi connectivity index (χ3v) is 1.95. The molecule has 1 N–H and O–H groups in total. The van der Waals surface area contributed by atoms with Crippen LogP contribution in [0.5, 0.6) is 0 Å². The van der Waals surface area contributed by atoms with Crippen LogP contribution in [0.25, 0.3) is 0 Å². The van der Waals surface area contributed by atoms with Crippen molar-refractivity contribution in [2.24, 2.45) is 0 Å². The Morgan fingerprint density at radius 3 is 2.73 bits per heavy atom. The van der Waals surface area contributed by atoms with Gasteiger partial charge >= 0.3 is 0 Å². The lowest BCUT2D eigenvalue weighted by atomic mass is 10.3. The van der Waals surface area contributed by atoms with Crippen LogP contribution in [0, 0.1) is 6.92 Å². The molecule has 0 saturated carbocycles. The fourth-order valence-corrected chi connectivity index (χ4v) is 1.16. The van der Waals surface area contributed by atoms with Crippen LogP contribution >= 0.6 is 0 Å². The van der Waals surface area contributed by atoms with Crippen molar-refractivity contribution in [2.75, 3.05) is 19.4 Å². The SMILES string of the molecule is Cc1ccnc(NC(C)C(=O)N(C)C)n1. The second-order valence-corrected chi connectivity index (χ2v) is 3.62. The highest BCUT2D eigenvalue weighted by atomic mass is 16.2. The molecule has 0 radical (unpaired) electrons. The van der Waals surface area contributed by atoms with Gasteiger partial charge in [-0.05, 0) is 19.9 Å². The molecule has 15 heavy (non-hydrogen) atoms. The Hall–Kier alpha value is -1.65. The van der Waals surface area contributed by atoms with Crippen molar-refractivity contribution in [2.45, 2.75) is 19.9 Å². The molecule has 5 nitrogen and oxygen atoms in total. The zero-order chi connectivity index (χ0) is 11.4. The van der Waals surface area contributed by atoms with E-state index in [2.05, 4.69) is 15.3 Å². The number of nitrogens with zero attached hydrogens (tertiary/aromatic N) is 3. The lowest BCUT2D eigenvalue weighted by molar-refractivity contribution is -0.129. The smallest absolute Gasteiger partial charge is 0.244 e. The van der Waals surface area contributed by atoms with Gasteiger partial charge in [0.05, 0.1) is 0 Å². The minimum Gasteiger partial charge on any atom is -0.347 e. The standard InChI is InChI=1S/C10H16N4O/c1-7-5-6-11-10(12-7)13-8(2)9(15)14(3)4/h5-6,8H,1-4H3,(H,11,12,13). The van der Waals surface area contributed by atoms with Crippen LogP contribution in [-0.2, 0) is 4.79 Å². The first-order chi connectivity index (χ1) is 7.00. The highest BCUT2D eigenvalue weighted by Gasteiger charge is 2.15. The van der Waals surface area contributed by atoms with Crippen molar-refractivity contribution < 1.29 is 4.79 Å². The summed E-state index contributed by atoms with van der Waals surface area (Å²) in [6.45, 7) is 3.67. The number of aryl methyl sites for hydroxylation is 1. The molecule has 1 aromatic heterocycles. The van der Waals surface area contributed by atoms with E-state index in [4.69, 9.17) is 0 Å². The summed E-state index contributed by atoms with van der Waals surface area (Å²) in [4.78, 5) is 21.3. The van der Waals surface area contributed by atoms with E-state index in [0.717, 1.165) is 5.69 Å². The number of hydrogen-bond donors (Lipinski definition) is 1. The second-order valence-electron chi connectivity index (χ2n) is 3.62. The summed E-state index contributed by atoms with van der Waals surface area (Å²) in [5, 5.41) is 2.95. The van der Waals surface area contributed by atoms with Crippen molar-refractivity contribution in [3.63, 3.8) is 0 Å². The second kappa shape index (κ2) is 4.72. The lowest BCUT2D eigenvalue weighted by Gasteiger charge is -2.17. The Labute approximate surface area is 89.5 Å². The number of amides is 1. The zero-order valence-corrected chi connectivity index (χ0v) is 9.48. The third-order valence-electron chi connectivity index (χ3n) is 1.95. The molecule has 0 aromatic carbocycles. The average molecular weight is 208 g/mol. The summed E-state index contributed by atoms with van der Waals surface area (Å²) in [5.41, 5.74) is 0.872. The number of nitrogens with one attached hydrogen (secondary N) is 1. The van der Waals surface area contributed by atoms with E-state index in [-0.39, 0.29) is 11.9 Å². The van der Waals surface area contributed by atoms with Gasteiger partial charge < -0.3 is 10.2 Å². The Morgan fingerprint density at radius 2 is 2.20 bits per heavy atom. The predicted octanol–water partition coefficient (Wildman–Crippen LogP) is 0.674. The van der Waals surface area contributed by atoms with Crippen molar-refractivity contribution >= 4 is 11.9 Å². The van der Waals surface area contributed by atoms with E-state index >= 15 is 0 Å². The quantitative estimate of drug-likeness (QED) is 0.793. The third kappa shape index (κ3) is 3.19. The molecule has 1 unspecified atom stereocenters. The van der Waals surface area contributed by atoms with Gasteiger partial charge in [-0.25, -0.2) is 9.97 Å². The van der Waals surface area contributed by atoms with E-state index in [1.54, 1.807) is 27.2 Å². The summed E-state index contributed by atoms with van der Waals surface area (Å²) in [6.07, 6.45) is 1.66. The highest BCUT2D eigenvalue weighted by Crippen LogP contribution is 2.02. The maximum atomic E-state index is 11.5. The highest BCUT2D eigenvalue weighted by molar-refractivity contribution is 5.83. The van der Waals surface area contributed by atoms with Crippen LogP contribution in [0.2, 0.25) is 0 Å². The van der Waals surface area contributed by atoms with E-state index < -0.39 is 0 Å². The molecule has 5 heteroatoms. The zero-order valence-electron chi connectivity index (χ0n) is 9.48. The monoisotopic (exact) mass is 208 g/mol. The van der Waals surface area contributed by atoms with E-state index in [1.165, 1.54) is 4.90 Å². The van der Waals surface area contributed by atoms with E-state index in [1.807, 2.05) is 13.0 Å². The first kappa shape index (κ1) is 11.4. The van der Waals surface area contributed by atoms with Crippen molar-refractivity contribution in [1.82, 2.24) is 14.9 Å². The number of rotatable bonds is 3. The van der Waals surface area contributed by atoms with Crippen LogP contribution in [0.3, 0.4) is 0 Å². The first-order valence-corrected chi connectivity index (χ1v) is 4.78. The molecule has 0 bridgehead atoms. The molecule has 0 spiro atoms. The minimum absolute atomic E-state index is 0.0000983. The Bertz CT molecular complexity index is 351. The maximum Gasteiger partial charge on any atom is 0.244 e. The molecule has 0 fully saturated rings. The molecule has 0 saturated heterocycles. The van der Waals surface area contributed by atoms with Crippen molar-refractivity contribution in [3.8, 4) is 0 Å². The Morgan fingerprint density at radius 1 is 1.53 bits per heavy atom. The molecule has 82 valence electrons. The number of hydrogen-bond acceptors (Lipinski definition) is 4. The van der Waals surface area contributed by atoms with Gasteiger partial charge in [-0.1, -0.05) is 0 Å². The van der Waals surface area contributed by atoms with Crippen LogP contribution in [-0.4, -0.2) is 40.9 Å². The van der Waals surface area contributed by atoms with Gasteiger partial charge in [0, 0.05) is 26.0 Å². The number of carbonyl (C=O) groups is 1. The van der Waals surface area contributed by atoms with Crippen LogP contribution < -0.4 is 5.32 Å². The van der Waals surface area contributed by atoms with Crippen LogP contribution in [0.4, 0.5) is 5.95 Å². The van der Waals surface area contributed by atoms with Gasteiger partial charge in [-0.3, -0.25) is 4.79 Å². The normalized spacial score (nSPS) is 12.0. The summed E-state index contributed by atoms with van der Waals surface area (Å²) in [7, 11) is 3.44. The summed E-state index contributed by atoms with van der Waals surface area (Å²) in [6, 6.07) is 1.49. The number of likely N-dealkylation sites (N-methyl/N-ethyl adjacent to an activating group) is 1. The molecule has 1 atom stereocenters. The summed E-state index contributed by atoms with van der Waals surface area (Å²) >= 11 is 0. The fourth-order valence-electron chi connectivity index (χ4n) is 1.16. The van der Waals surface area contributed by atoms with Crippen molar-refractivity contribution in [3.05, 3.63) is 18.0 Å². The molecule has 0 aliphatic carbocycles. The van der Waals surface area contributed by atoms with E-state index in [9.17, 15) is 4.79 Å². The molecule has 1 rings (SSSR count). The van der Waals surface area contributed by atoms with Gasteiger partial charge in [-0.15, -0.1) is 0 Å². The van der Waals surface area contributed by atoms with Gasteiger partial charge in [0.2, 0.25) is 11.9 Å². The summed E-state index contributed by atoms with van der Waals surface area (Å²) < 4.78 is 0. The number of anilines is 1. The molecular formula is C10H16N4O. The van der Waals surface area contributed by atoms with Gasteiger partial charge in [0.25, 0.3) is 0 Å². The lowest BCUT2D eigenvalue weighted by Crippen LogP contribution is -2.37. The van der Waals surface area contributed by atoms with Crippen molar-refractivity contribution in [1.29, 1.82) is 0 Å². The van der Waals surface area contributed by atoms with Gasteiger partial charge in [0.15, 0.2) is 0 Å². The van der Waals surface area contributed by atoms with Gasteiger partial charge in [-0.2, -0.15) is 0 Å².